The Labute approximate surface area is 269 Å². The molecule has 1 N–H and O–H groups in total. The molecule has 0 spiro atoms. The summed E-state index contributed by atoms with van der Waals surface area (Å²) in [4.78, 5) is 35.5. The van der Waals surface area contributed by atoms with Gasteiger partial charge in [-0.15, -0.1) is 0 Å². The quantitative estimate of drug-likeness (QED) is 0.0500. The maximum absolute atomic E-state index is 13.6. The van der Waals surface area contributed by atoms with Crippen molar-refractivity contribution in [2.75, 3.05) is 51.1 Å². The van der Waals surface area contributed by atoms with E-state index in [9.17, 15) is 24.1 Å². The van der Waals surface area contributed by atoms with E-state index in [1.54, 1.807) is 37.2 Å². The number of hydrogen-bond donors (Lipinski definition) is 1. The van der Waals surface area contributed by atoms with Crippen LogP contribution in [-0.4, -0.2) is 63.6 Å². The summed E-state index contributed by atoms with van der Waals surface area (Å²) >= 11 is 1.56. The van der Waals surface area contributed by atoms with Gasteiger partial charge in [0.2, 0.25) is 0 Å². The van der Waals surface area contributed by atoms with Crippen LogP contribution in [0.4, 0.5) is 15.8 Å². The molecule has 0 saturated heterocycles. The van der Waals surface area contributed by atoms with Crippen molar-refractivity contribution >= 4 is 46.2 Å². The summed E-state index contributed by atoms with van der Waals surface area (Å²) in [6.45, 7) is 1.68. The summed E-state index contributed by atoms with van der Waals surface area (Å²) in [5.74, 6) is -0.657. The molecule has 1 fully saturated rings. The van der Waals surface area contributed by atoms with Crippen molar-refractivity contribution in [3.05, 3.63) is 92.8 Å². The van der Waals surface area contributed by atoms with Crippen molar-refractivity contribution < 1.29 is 37.5 Å². The van der Waals surface area contributed by atoms with Crippen LogP contribution in [0.1, 0.15) is 50.6 Å². The van der Waals surface area contributed by atoms with Gasteiger partial charge in [-0.1, -0.05) is 18.0 Å². The molecular weight excluding hydrogens is 617 g/mol. The second-order valence-corrected chi connectivity index (χ2v) is 11.4. The van der Waals surface area contributed by atoms with Crippen molar-refractivity contribution in [1.82, 2.24) is 5.32 Å². The number of benzene rings is 3. The van der Waals surface area contributed by atoms with Crippen LogP contribution in [0.2, 0.25) is 0 Å². The molecule has 1 amide bonds. The number of nitrogens with one attached hydrogen (secondary N) is 1. The lowest BCUT2D eigenvalue weighted by Crippen LogP contribution is -2.22. The van der Waals surface area contributed by atoms with E-state index in [4.69, 9.17) is 13.9 Å². The van der Waals surface area contributed by atoms with Crippen molar-refractivity contribution in [2.45, 2.75) is 25.4 Å². The Morgan fingerprint density at radius 2 is 1.83 bits per heavy atom. The Morgan fingerprint density at radius 3 is 2.48 bits per heavy atom. The maximum atomic E-state index is 13.6. The number of carbonyl (C=O) groups is 2. The molecule has 5 rings (SSSR count). The van der Waals surface area contributed by atoms with Gasteiger partial charge in [-0.2, -0.15) is 0 Å². The Hall–Kier alpha value is -4.46. The molecule has 0 radical (unpaired) electrons. The fourth-order valence-corrected chi connectivity index (χ4v) is 5.82. The first-order chi connectivity index (χ1) is 22.2. The third-order valence-electron chi connectivity index (χ3n) is 7.65. The third-order valence-corrected chi connectivity index (χ3v) is 8.47. The van der Waals surface area contributed by atoms with Gasteiger partial charge in [-0.05, 0) is 66.3 Å². The van der Waals surface area contributed by atoms with E-state index in [0.29, 0.717) is 59.1 Å². The highest BCUT2D eigenvalue weighted by molar-refractivity contribution is 7.99. The minimum absolute atomic E-state index is 0.116. The first-order valence-corrected chi connectivity index (χ1v) is 15.8. The highest BCUT2D eigenvalue weighted by atomic mass is 32.2. The Bertz CT molecular complexity index is 1740. The smallest absolute Gasteiger partial charge is 0.344 e. The average molecular weight is 652 g/mol. The summed E-state index contributed by atoms with van der Waals surface area (Å²) in [6.07, 6.45) is 4.10. The number of nitro groups is 1. The summed E-state index contributed by atoms with van der Waals surface area (Å²) in [5, 5.41) is 14.8. The number of carbonyl (C=O) groups excluding carboxylic acids is 2. The molecule has 1 aliphatic carbocycles. The second-order valence-electron chi connectivity index (χ2n) is 10.6. The van der Waals surface area contributed by atoms with Crippen LogP contribution >= 0.6 is 11.9 Å². The van der Waals surface area contributed by atoms with Crippen LogP contribution < -0.4 is 9.62 Å². The number of ether oxygens (including phenoxy) is 3. The molecule has 0 atom stereocenters. The van der Waals surface area contributed by atoms with Crippen LogP contribution in [0.15, 0.2) is 59.0 Å². The molecule has 242 valence electrons. The Kier molecular flexibility index (Phi) is 10.6. The fourth-order valence-electron chi connectivity index (χ4n) is 5.21. The van der Waals surface area contributed by atoms with Crippen molar-refractivity contribution in [1.29, 1.82) is 0 Å². The fraction of sp³-hybridized carbons (Fsp3) is 0.333. The van der Waals surface area contributed by atoms with E-state index in [1.807, 2.05) is 18.4 Å². The molecule has 0 bridgehead atoms. The molecule has 0 unspecified atom stereocenters. The van der Waals surface area contributed by atoms with E-state index in [2.05, 4.69) is 14.4 Å². The van der Waals surface area contributed by atoms with Crippen molar-refractivity contribution in [3.63, 3.8) is 0 Å². The molecule has 0 aliphatic heterocycles. The summed E-state index contributed by atoms with van der Waals surface area (Å²) in [7, 11) is 2.74. The highest BCUT2D eigenvalue weighted by Crippen LogP contribution is 2.48. The zero-order valence-corrected chi connectivity index (χ0v) is 26.5. The molecular formula is C33H34FN3O8S. The van der Waals surface area contributed by atoms with Gasteiger partial charge in [0.25, 0.3) is 11.6 Å². The summed E-state index contributed by atoms with van der Waals surface area (Å²) < 4.78 is 38.1. The summed E-state index contributed by atoms with van der Waals surface area (Å²) in [6, 6.07) is 14.1. The van der Waals surface area contributed by atoms with Crippen molar-refractivity contribution in [2.24, 2.45) is 0 Å². The first kappa shape index (κ1) is 32.9. The van der Waals surface area contributed by atoms with Gasteiger partial charge >= 0.3 is 5.97 Å². The van der Waals surface area contributed by atoms with Crippen LogP contribution in [0.25, 0.3) is 22.3 Å². The number of nitro benzene ring substituents is 1. The first-order valence-electron chi connectivity index (χ1n) is 14.7. The lowest BCUT2D eigenvalue weighted by Gasteiger charge is -2.24. The van der Waals surface area contributed by atoms with Crippen LogP contribution in [-0.2, 0) is 20.8 Å². The third kappa shape index (κ3) is 7.33. The predicted octanol–water partition coefficient (Wildman–Crippen LogP) is 6.49. The minimum Gasteiger partial charge on any atom is -0.465 e. The molecule has 11 nitrogen and oxygen atoms in total. The van der Waals surface area contributed by atoms with Gasteiger partial charge in [0, 0.05) is 36.4 Å². The van der Waals surface area contributed by atoms with Crippen LogP contribution in [0.3, 0.4) is 0 Å². The number of amides is 1. The van der Waals surface area contributed by atoms with Gasteiger partial charge < -0.3 is 28.2 Å². The van der Waals surface area contributed by atoms with E-state index < -0.39 is 10.9 Å². The van der Waals surface area contributed by atoms with Crippen LogP contribution in [0, 0.1) is 15.9 Å². The number of halogens is 1. The number of anilines is 1. The summed E-state index contributed by atoms with van der Waals surface area (Å²) in [5.41, 5.74) is 3.81. The topological polar surface area (TPSA) is 133 Å². The van der Waals surface area contributed by atoms with E-state index in [1.165, 1.54) is 31.4 Å². The zero-order valence-electron chi connectivity index (χ0n) is 25.7. The van der Waals surface area contributed by atoms with Crippen molar-refractivity contribution in [3.8, 4) is 11.3 Å². The molecule has 1 aromatic heterocycles. The standard InChI is InChI=1S/C33H34FN3O8S/c1-35-32(38)30-26-17-25(21-5-6-21)27(18-29(26)45-31(30)22-7-9-23(34)10-8-22)36(46-3)12-13-43-14-15-44-19-20-4-11-24(33(39)42-2)28(16-20)37(40)41/h4,7-11,16-18,21H,5-6,12-15,19H2,1-3H3,(H,35,38). The molecule has 4 aromatic rings. The number of methoxy groups -OCH3 is 1. The number of esters is 1. The van der Waals surface area contributed by atoms with Gasteiger partial charge in [-0.25, -0.2) is 9.18 Å². The van der Waals surface area contributed by atoms with Gasteiger partial charge in [-0.3, -0.25) is 14.9 Å². The number of fused-ring (bicyclic) bond motifs is 1. The Balaban J connectivity index is 1.24. The van der Waals surface area contributed by atoms with Gasteiger partial charge in [0.05, 0.1) is 56.3 Å². The lowest BCUT2D eigenvalue weighted by molar-refractivity contribution is -0.385. The van der Waals surface area contributed by atoms with Gasteiger partial charge in [0.15, 0.2) is 0 Å². The predicted molar refractivity (Wildman–Crippen MR) is 173 cm³/mol. The number of nitrogens with zero attached hydrogens (tertiary/aromatic N) is 2. The van der Waals surface area contributed by atoms with Crippen LogP contribution in [0.5, 0.6) is 0 Å². The normalized spacial score (nSPS) is 12.7. The molecule has 46 heavy (non-hydrogen) atoms. The molecule has 1 saturated carbocycles. The molecule has 3 aromatic carbocycles. The number of rotatable bonds is 15. The Morgan fingerprint density at radius 1 is 1.09 bits per heavy atom. The molecule has 13 heteroatoms. The maximum Gasteiger partial charge on any atom is 0.344 e. The van der Waals surface area contributed by atoms with E-state index in [-0.39, 0.29) is 36.2 Å². The second kappa shape index (κ2) is 14.8. The lowest BCUT2D eigenvalue weighted by atomic mass is 10.0. The number of furan rings is 1. The monoisotopic (exact) mass is 651 g/mol. The van der Waals surface area contributed by atoms with E-state index in [0.717, 1.165) is 24.1 Å². The van der Waals surface area contributed by atoms with E-state index >= 15 is 0 Å². The molecule has 1 aliphatic rings. The molecule has 1 heterocycles. The zero-order chi connectivity index (χ0) is 32.8. The minimum atomic E-state index is -0.774. The van der Waals surface area contributed by atoms with Gasteiger partial charge in [0.1, 0.15) is 22.7 Å². The largest absolute Gasteiger partial charge is 0.465 e. The average Bonchev–Trinajstić information content (AvgIpc) is 3.85. The SMILES string of the molecule is CNC(=O)c1c(-c2ccc(F)cc2)oc2cc(N(CCOCCOCc3ccc(C(=O)OC)c([N+](=O)[O-])c3)SC)c(C3CC3)cc12. The number of hydrogen-bond acceptors (Lipinski definition) is 10. The highest BCUT2D eigenvalue weighted by Gasteiger charge is 2.31.